The molecule has 4 rings (SSSR count). The molecule has 0 radical (unpaired) electrons. The fourth-order valence-corrected chi connectivity index (χ4v) is 4.07. The van der Waals surface area contributed by atoms with E-state index in [1.165, 1.54) is 17.3 Å². The van der Waals surface area contributed by atoms with Gasteiger partial charge in [0.1, 0.15) is 12.4 Å². The van der Waals surface area contributed by atoms with Gasteiger partial charge in [-0.3, -0.25) is 4.79 Å². The molecule has 1 saturated heterocycles. The van der Waals surface area contributed by atoms with Crippen molar-refractivity contribution in [3.63, 3.8) is 0 Å². The first-order valence-corrected chi connectivity index (χ1v) is 11.2. The Bertz CT molecular complexity index is 1160. The van der Waals surface area contributed by atoms with E-state index >= 15 is 0 Å². The molecule has 0 saturated carbocycles. The van der Waals surface area contributed by atoms with Crippen molar-refractivity contribution in [1.29, 1.82) is 0 Å². The van der Waals surface area contributed by atoms with Crippen molar-refractivity contribution in [2.45, 2.75) is 20.0 Å². The maximum absolute atomic E-state index is 12.5. The summed E-state index contributed by atoms with van der Waals surface area (Å²) in [6.45, 7) is 2.46. The average Bonchev–Trinajstić information content (AvgIpc) is 3.13. The molecule has 0 aromatic heterocycles. The molecule has 1 N–H and O–H groups in total. The van der Waals surface area contributed by atoms with Gasteiger partial charge >= 0.3 is 0 Å². The molecular weight excluding hydrogens is 428 g/mol. The number of carbonyl (C=O) groups excluding carboxylic acids is 1. The number of hydrogen-bond acceptors (Lipinski definition) is 4. The van der Waals surface area contributed by atoms with E-state index in [4.69, 9.17) is 16.3 Å². The molecule has 4 nitrogen and oxygen atoms in total. The average molecular weight is 449 g/mol. The molecule has 0 atom stereocenters. The van der Waals surface area contributed by atoms with Gasteiger partial charge in [0.25, 0.3) is 5.91 Å². The summed E-state index contributed by atoms with van der Waals surface area (Å²) in [7, 11) is 0. The van der Waals surface area contributed by atoms with E-state index in [9.17, 15) is 4.79 Å². The van der Waals surface area contributed by atoms with Crippen LogP contribution in [0.4, 0.5) is 5.69 Å². The second-order valence-electron chi connectivity index (χ2n) is 6.92. The van der Waals surface area contributed by atoms with E-state index < -0.39 is 0 Å². The largest absolute Gasteiger partial charge is 0.488 e. The van der Waals surface area contributed by atoms with Gasteiger partial charge in [0.05, 0.1) is 10.6 Å². The van der Waals surface area contributed by atoms with Crippen LogP contribution in [0.2, 0.25) is 5.02 Å². The van der Waals surface area contributed by atoms with Gasteiger partial charge in [-0.1, -0.05) is 67.1 Å². The fourth-order valence-electron chi connectivity index (χ4n) is 3.05. The molecule has 0 bridgehead atoms. The molecule has 3 aromatic rings. The standard InChI is InChI=1S/C25H21ClN2O2S/c1-2-17-11-13-20(14-12-17)27-25-28-24(29)23(31-25)15-18-7-4-6-10-22(18)30-16-19-8-3-5-9-21(19)26/h3-15H,2,16H2,1H3,(H,27,28,29). The molecule has 3 aromatic carbocycles. The summed E-state index contributed by atoms with van der Waals surface area (Å²) in [6, 6.07) is 23.2. The zero-order valence-electron chi connectivity index (χ0n) is 17.0. The number of ether oxygens (including phenoxy) is 1. The highest BCUT2D eigenvalue weighted by molar-refractivity contribution is 8.18. The molecule has 31 heavy (non-hydrogen) atoms. The van der Waals surface area contributed by atoms with Crippen LogP contribution in [0, 0.1) is 0 Å². The minimum Gasteiger partial charge on any atom is -0.488 e. The predicted molar refractivity (Wildman–Crippen MR) is 129 cm³/mol. The van der Waals surface area contributed by atoms with Crippen LogP contribution in [0.1, 0.15) is 23.6 Å². The third-order valence-electron chi connectivity index (χ3n) is 4.77. The van der Waals surface area contributed by atoms with E-state index in [1.807, 2.05) is 78.9 Å². The molecule has 0 spiro atoms. The maximum Gasteiger partial charge on any atom is 0.264 e. The predicted octanol–water partition coefficient (Wildman–Crippen LogP) is 6.37. The Hall–Kier alpha value is -3.02. The Morgan fingerprint density at radius 3 is 2.55 bits per heavy atom. The lowest BCUT2D eigenvalue weighted by Gasteiger charge is -2.10. The summed E-state index contributed by atoms with van der Waals surface area (Å²) in [6.07, 6.45) is 2.80. The number of rotatable bonds is 6. The Balaban J connectivity index is 1.51. The molecule has 1 heterocycles. The molecule has 6 heteroatoms. The van der Waals surface area contributed by atoms with Gasteiger partial charge in [-0.25, -0.2) is 4.99 Å². The van der Waals surface area contributed by atoms with Crippen molar-refractivity contribution in [3.8, 4) is 5.75 Å². The van der Waals surface area contributed by atoms with Gasteiger partial charge in [-0.2, -0.15) is 0 Å². The van der Waals surface area contributed by atoms with Crippen LogP contribution in [-0.4, -0.2) is 11.1 Å². The number of aryl methyl sites for hydroxylation is 1. The number of halogens is 1. The van der Waals surface area contributed by atoms with Crippen LogP contribution >= 0.6 is 23.4 Å². The van der Waals surface area contributed by atoms with Crippen molar-refractivity contribution in [2.75, 3.05) is 0 Å². The molecule has 1 aliphatic rings. The Kier molecular flexibility index (Phi) is 6.75. The SMILES string of the molecule is CCc1ccc(N=C2NC(=O)C(=Cc3ccccc3OCc3ccccc3Cl)S2)cc1. The quantitative estimate of drug-likeness (QED) is 0.445. The third kappa shape index (κ3) is 5.37. The lowest BCUT2D eigenvalue weighted by molar-refractivity contribution is -0.115. The summed E-state index contributed by atoms with van der Waals surface area (Å²) in [5.74, 6) is 0.513. The van der Waals surface area contributed by atoms with Gasteiger partial charge in [0, 0.05) is 16.1 Å². The summed E-state index contributed by atoms with van der Waals surface area (Å²) >= 11 is 7.54. The smallest absolute Gasteiger partial charge is 0.264 e. The third-order valence-corrected chi connectivity index (χ3v) is 6.05. The molecule has 0 unspecified atom stereocenters. The van der Waals surface area contributed by atoms with Gasteiger partial charge < -0.3 is 10.1 Å². The number of carbonyl (C=O) groups is 1. The number of aliphatic imine (C=N–C) groups is 1. The molecule has 1 amide bonds. The van der Waals surface area contributed by atoms with Crippen LogP contribution in [0.5, 0.6) is 5.75 Å². The van der Waals surface area contributed by atoms with Gasteiger partial charge in [-0.05, 0) is 54.1 Å². The summed E-state index contributed by atoms with van der Waals surface area (Å²) in [5.41, 5.74) is 3.79. The Morgan fingerprint density at radius 2 is 1.77 bits per heavy atom. The van der Waals surface area contributed by atoms with Crippen LogP contribution in [0.25, 0.3) is 6.08 Å². The lowest BCUT2D eigenvalue weighted by atomic mass is 10.1. The van der Waals surface area contributed by atoms with Gasteiger partial charge in [0.15, 0.2) is 5.17 Å². The minimum atomic E-state index is -0.171. The zero-order chi connectivity index (χ0) is 21.6. The summed E-state index contributed by atoms with van der Waals surface area (Å²) in [4.78, 5) is 17.6. The second-order valence-corrected chi connectivity index (χ2v) is 8.36. The highest BCUT2D eigenvalue weighted by atomic mass is 35.5. The number of thioether (sulfide) groups is 1. The highest BCUT2D eigenvalue weighted by Gasteiger charge is 2.24. The first kappa shape index (κ1) is 21.2. The number of nitrogens with zero attached hydrogens (tertiary/aromatic N) is 1. The van der Waals surface area contributed by atoms with E-state index in [-0.39, 0.29) is 5.91 Å². The first-order valence-electron chi connectivity index (χ1n) is 9.96. The number of para-hydroxylation sites is 1. The van der Waals surface area contributed by atoms with E-state index in [2.05, 4.69) is 17.2 Å². The number of nitrogens with one attached hydrogen (secondary N) is 1. The Labute approximate surface area is 191 Å². The molecule has 156 valence electrons. The van der Waals surface area contributed by atoms with Crippen molar-refractivity contribution < 1.29 is 9.53 Å². The fraction of sp³-hybridized carbons (Fsp3) is 0.120. The lowest BCUT2D eigenvalue weighted by Crippen LogP contribution is -2.19. The van der Waals surface area contributed by atoms with Crippen molar-refractivity contribution in [1.82, 2.24) is 5.32 Å². The molecule has 1 fully saturated rings. The van der Waals surface area contributed by atoms with Crippen LogP contribution in [-0.2, 0) is 17.8 Å². The van der Waals surface area contributed by atoms with E-state index in [0.717, 1.165) is 23.2 Å². The topological polar surface area (TPSA) is 50.7 Å². The van der Waals surface area contributed by atoms with Gasteiger partial charge in [0.2, 0.25) is 0 Å². The number of benzene rings is 3. The highest BCUT2D eigenvalue weighted by Crippen LogP contribution is 2.31. The minimum absolute atomic E-state index is 0.171. The van der Waals surface area contributed by atoms with Crippen molar-refractivity contribution in [3.05, 3.63) is 99.4 Å². The number of amides is 1. The Morgan fingerprint density at radius 1 is 1.03 bits per heavy atom. The van der Waals surface area contributed by atoms with E-state index in [0.29, 0.717) is 27.5 Å². The number of hydrogen-bond donors (Lipinski definition) is 1. The van der Waals surface area contributed by atoms with Gasteiger partial charge in [-0.15, -0.1) is 0 Å². The normalized spacial score (nSPS) is 16.0. The zero-order valence-corrected chi connectivity index (χ0v) is 18.5. The number of amidine groups is 1. The molecule has 0 aliphatic carbocycles. The molecule has 1 aliphatic heterocycles. The molecular formula is C25H21ClN2O2S. The van der Waals surface area contributed by atoms with E-state index in [1.54, 1.807) is 0 Å². The maximum atomic E-state index is 12.5. The second kappa shape index (κ2) is 9.86. The first-order chi connectivity index (χ1) is 15.1. The summed E-state index contributed by atoms with van der Waals surface area (Å²) in [5, 5.41) is 4.06. The monoisotopic (exact) mass is 448 g/mol. The summed E-state index contributed by atoms with van der Waals surface area (Å²) < 4.78 is 5.99. The van der Waals surface area contributed by atoms with Crippen molar-refractivity contribution in [2.24, 2.45) is 4.99 Å². The van der Waals surface area contributed by atoms with Crippen LogP contribution in [0.3, 0.4) is 0 Å². The van der Waals surface area contributed by atoms with Crippen molar-refractivity contribution >= 4 is 46.2 Å². The van der Waals surface area contributed by atoms with Crippen LogP contribution < -0.4 is 10.1 Å². The van der Waals surface area contributed by atoms with Crippen LogP contribution in [0.15, 0.2) is 82.7 Å².